The molecular weight excluding hydrogens is 695 g/mol. The van der Waals surface area contributed by atoms with Crippen molar-refractivity contribution in [1.82, 2.24) is 15.0 Å². The number of methoxy groups -OCH3 is 2. The minimum Gasteiger partial charge on any atom is -0.497 e. The smallest absolute Gasteiger partial charge is 0.264 e. The molecule has 11 heteroatoms. The van der Waals surface area contributed by atoms with Gasteiger partial charge in [0, 0.05) is 41.7 Å². The van der Waals surface area contributed by atoms with Gasteiger partial charge in [0.05, 0.1) is 32.2 Å². The third kappa shape index (κ3) is 6.78. The predicted molar refractivity (Wildman–Crippen MR) is 210 cm³/mol. The Balaban J connectivity index is 1.25. The number of anilines is 2. The first-order chi connectivity index (χ1) is 26.5. The van der Waals surface area contributed by atoms with Crippen molar-refractivity contribution < 1.29 is 28.9 Å². The van der Waals surface area contributed by atoms with Crippen LogP contribution >= 0.6 is 0 Å². The van der Waals surface area contributed by atoms with Crippen LogP contribution in [0.15, 0.2) is 116 Å². The zero-order valence-corrected chi connectivity index (χ0v) is 31.8. The third-order valence-corrected chi connectivity index (χ3v) is 11.4. The lowest BCUT2D eigenvalue weighted by Gasteiger charge is -2.38. The van der Waals surface area contributed by atoms with Gasteiger partial charge in [0.2, 0.25) is 0 Å². The number of benzene rings is 4. The second-order valence-corrected chi connectivity index (χ2v) is 14.8. The van der Waals surface area contributed by atoms with E-state index < -0.39 is 23.2 Å². The number of fused-ring (bicyclic) bond motifs is 2. The predicted octanol–water partition coefficient (Wildman–Crippen LogP) is 7.08. The van der Waals surface area contributed by atoms with Gasteiger partial charge in [-0.15, -0.1) is 11.7 Å². The van der Waals surface area contributed by atoms with Crippen LogP contribution in [0.3, 0.4) is 0 Å². The van der Waals surface area contributed by atoms with Crippen LogP contribution in [0.1, 0.15) is 66.0 Å². The molecule has 2 aliphatic heterocycles. The largest absolute Gasteiger partial charge is 0.497 e. The summed E-state index contributed by atoms with van der Waals surface area (Å²) < 4.78 is 19.7. The van der Waals surface area contributed by atoms with E-state index in [2.05, 4.69) is 55.1 Å². The molecular formula is C44H47N5O6. The molecule has 1 spiro atoms. The molecule has 1 saturated heterocycles. The second-order valence-electron chi connectivity index (χ2n) is 14.8. The van der Waals surface area contributed by atoms with Crippen LogP contribution in [0, 0.1) is 11.8 Å². The van der Waals surface area contributed by atoms with Gasteiger partial charge in [-0.2, -0.15) is 0 Å². The number of aromatic nitrogens is 3. The monoisotopic (exact) mass is 741 g/mol. The maximum atomic E-state index is 14.9. The number of nitrogens with zero attached hydrogens (tertiary/aromatic N) is 4. The van der Waals surface area contributed by atoms with E-state index in [0.717, 1.165) is 22.6 Å². The highest BCUT2D eigenvalue weighted by molar-refractivity contribution is 6.09. The van der Waals surface area contributed by atoms with Crippen molar-refractivity contribution in [2.45, 2.75) is 57.0 Å². The Hall–Kier alpha value is -5.78. The van der Waals surface area contributed by atoms with E-state index in [-0.39, 0.29) is 23.7 Å². The Bertz CT molecular complexity index is 2170. The number of aryl methyl sites for hydroxylation is 1. The van der Waals surface area contributed by atoms with Crippen molar-refractivity contribution in [2.75, 3.05) is 31.0 Å². The number of carbonyl (C=O) groups is 2. The van der Waals surface area contributed by atoms with Gasteiger partial charge in [0.25, 0.3) is 11.8 Å². The molecule has 284 valence electrons. The molecule has 2 N–H and O–H groups in total. The Labute approximate surface area is 321 Å². The van der Waals surface area contributed by atoms with Crippen molar-refractivity contribution in [3.63, 3.8) is 0 Å². The summed E-state index contributed by atoms with van der Waals surface area (Å²) in [5.74, 6) is 0.490. The van der Waals surface area contributed by atoms with Crippen molar-refractivity contribution in [1.29, 1.82) is 0 Å². The summed E-state index contributed by atoms with van der Waals surface area (Å²) in [4.78, 5) is 30.0. The van der Waals surface area contributed by atoms with Gasteiger partial charge in [-0.3, -0.25) is 14.3 Å². The Morgan fingerprint density at radius 2 is 1.69 bits per heavy atom. The average Bonchev–Trinajstić information content (AvgIpc) is 3.87. The second kappa shape index (κ2) is 15.2. The van der Waals surface area contributed by atoms with Crippen molar-refractivity contribution >= 4 is 23.2 Å². The zero-order valence-electron chi connectivity index (χ0n) is 31.8. The number of aliphatic hydroxyl groups excluding tert-OH is 1. The summed E-state index contributed by atoms with van der Waals surface area (Å²) >= 11 is 0. The summed E-state index contributed by atoms with van der Waals surface area (Å²) in [6.07, 6.45) is 2.66. The summed E-state index contributed by atoms with van der Waals surface area (Å²) in [6.45, 7) is 11.2. The molecule has 11 nitrogen and oxygen atoms in total. The van der Waals surface area contributed by atoms with E-state index in [1.807, 2.05) is 60.7 Å². The Morgan fingerprint density at radius 3 is 2.35 bits per heavy atom. The number of carbonyl (C=O) groups excluding carboxylic acids is 2. The summed E-state index contributed by atoms with van der Waals surface area (Å²) in [5.41, 5.74) is 2.88. The molecule has 0 saturated carbocycles. The molecule has 0 bridgehead atoms. The number of hydrogen-bond acceptors (Lipinski definition) is 8. The molecule has 1 fully saturated rings. The molecule has 2 aliphatic rings. The van der Waals surface area contributed by atoms with Crippen LogP contribution in [0.4, 0.5) is 11.4 Å². The lowest BCUT2D eigenvalue weighted by molar-refractivity contribution is -0.146. The number of rotatable bonds is 13. The minimum absolute atomic E-state index is 0.156. The van der Waals surface area contributed by atoms with Crippen LogP contribution in [0.5, 0.6) is 11.5 Å². The third-order valence-electron chi connectivity index (χ3n) is 11.4. The fraction of sp³-hybridized carbons (Fsp3) is 0.318. The highest BCUT2D eigenvalue weighted by Gasteiger charge is 2.65. The standard InChI is InChI=1S/C44H47N5O6/c1-7-24-49-37-22-17-32(45-41(51)30-13-18-33(53-5)19-14-30)26-35(37)44(42(49)52)28(2)39(43(3,4)31-15-20-34(54-6)21-16-31)38(55-44)23-25-48-27-36(46-47-48)40(50)29-11-9-8-10-12-29/h7-22,26-28,38-40,50H,1,23-25H2,2-6H3,(H,45,51)/t28-,38+,39-,40-,44+/m1/s1. The SMILES string of the molecule is C=CCN1C(=O)[C@@]2(O[C@@H](CCn3cc([C@H](O)c4ccccc4)nn3)[C@H](C(C)(C)c3ccc(OC)cc3)[C@H]2C)c2cc(NC(=O)c3ccc(OC)cc3)ccc21. The molecule has 0 unspecified atom stereocenters. The van der Waals surface area contributed by atoms with E-state index in [1.54, 1.807) is 60.3 Å². The van der Waals surface area contributed by atoms with Crippen LogP contribution in [-0.2, 0) is 27.1 Å². The van der Waals surface area contributed by atoms with Crippen LogP contribution < -0.4 is 19.7 Å². The van der Waals surface area contributed by atoms with Gasteiger partial charge in [0.1, 0.15) is 23.3 Å². The molecule has 0 aliphatic carbocycles. The fourth-order valence-corrected chi connectivity index (χ4v) is 8.53. The summed E-state index contributed by atoms with van der Waals surface area (Å²) in [6, 6.07) is 29.9. The number of hydrogen-bond donors (Lipinski definition) is 2. The van der Waals surface area contributed by atoms with E-state index >= 15 is 0 Å². The molecule has 55 heavy (non-hydrogen) atoms. The van der Waals surface area contributed by atoms with Crippen molar-refractivity contribution in [3.05, 3.63) is 144 Å². The first kappa shape index (κ1) is 37.5. The lowest BCUT2D eigenvalue weighted by atomic mass is 9.63. The quantitative estimate of drug-likeness (QED) is 0.123. The van der Waals surface area contributed by atoms with Gasteiger partial charge in [-0.1, -0.05) is 74.5 Å². The molecule has 7 rings (SSSR count). The van der Waals surface area contributed by atoms with Gasteiger partial charge >= 0.3 is 0 Å². The van der Waals surface area contributed by atoms with Gasteiger partial charge in [-0.05, 0) is 77.6 Å². The maximum absolute atomic E-state index is 14.9. The molecule has 4 aromatic carbocycles. The minimum atomic E-state index is -1.35. The first-order valence-corrected chi connectivity index (χ1v) is 18.5. The number of nitrogens with one attached hydrogen (secondary N) is 1. The van der Waals surface area contributed by atoms with Gasteiger partial charge in [0.15, 0.2) is 5.60 Å². The van der Waals surface area contributed by atoms with Crippen LogP contribution in [0.2, 0.25) is 0 Å². The van der Waals surface area contributed by atoms with Gasteiger partial charge in [-0.25, -0.2) is 0 Å². The van der Waals surface area contributed by atoms with E-state index in [0.29, 0.717) is 47.8 Å². The number of ether oxygens (including phenoxy) is 3. The fourth-order valence-electron chi connectivity index (χ4n) is 8.53. The molecule has 5 aromatic rings. The maximum Gasteiger partial charge on any atom is 0.264 e. The Morgan fingerprint density at radius 1 is 1.02 bits per heavy atom. The number of amides is 2. The highest BCUT2D eigenvalue weighted by atomic mass is 16.5. The van der Waals surface area contributed by atoms with Crippen molar-refractivity contribution in [3.8, 4) is 11.5 Å². The highest BCUT2D eigenvalue weighted by Crippen LogP contribution is 2.60. The van der Waals surface area contributed by atoms with E-state index in [1.165, 1.54) is 0 Å². The van der Waals surface area contributed by atoms with Crippen molar-refractivity contribution in [2.24, 2.45) is 11.8 Å². The molecule has 5 atom stereocenters. The lowest BCUT2D eigenvalue weighted by Crippen LogP contribution is -2.46. The molecule has 0 radical (unpaired) electrons. The summed E-state index contributed by atoms with van der Waals surface area (Å²) in [5, 5.41) is 22.7. The normalized spacial score (nSPS) is 21.0. The zero-order chi connectivity index (χ0) is 38.9. The first-order valence-electron chi connectivity index (χ1n) is 18.5. The Kier molecular flexibility index (Phi) is 10.3. The molecule has 3 heterocycles. The van der Waals surface area contributed by atoms with Crippen LogP contribution in [0.25, 0.3) is 0 Å². The average molecular weight is 742 g/mol. The topological polar surface area (TPSA) is 128 Å². The number of aliphatic hydroxyl groups is 1. The summed E-state index contributed by atoms with van der Waals surface area (Å²) in [7, 11) is 3.22. The van der Waals surface area contributed by atoms with Crippen LogP contribution in [-0.4, -0.2) is 58.8 Å². The van der Waals surface area contributed by atoms with E-state index in [4.69, 9.17) is 14.2 Å². The molecule has 1 aromatic heterocycles. The van der Waals surface area contributed by atoms with Gasteiger partial charge < -0.3 is 29.5 Å². The molecule has 2 amide bonds. The van der Waals surface area contributed by atoms with E-state index in [9.17, 15) is 14.7 Å².